The highest BCUT2D eigenvalue weighted by molar-refractivity contribution is 5.99. The molecule has 0 saturated heterocycles. The van der Waals surface area contributed by atoms with Gasteiger partial charge in [0.05, 0.1) is 5.56 Å². The molecule has 1 aliphatic rings. The van der Waals surface area contributed by atoms with Crippen LogP contribution in [0, 0.1) is 0 Å². The molecule has 0 aromatic heterocycles. The molecule has 3 nitrogen and oxygen atoms in total. The van der Waals surface area contributed by atoms with Gasteiger partial charge < -0.3 is 10.2 Å². The molecule has 1 aliphatic carbocycles. The second-order valence-electron chi connectivity index (χ2n) is 4.83. The summed E-state index contributed by atoms with van der Waals surface area (Å²) >= 11 is 0. The number of nitrogens with one attached hydrogen (secondary N) is 1. The molecule has 2 rings (SSSR count). The van der Waals surface area contributed by atoms with Crippen LogP contribution in [0.1, 0.15) is 43.0 Å². The molecule has 1 N–H and O–H groups in total. The molecule has 1 saturated carbocycles. The second kappa shape index (κ2) is 5.89. The number of benzene rings is 1. The molecular formula is C15H22N2O. The van der Waals surface area contributed by atoms with Crippen molar-refractivity contribution in [1.82, 2.24) is 4.90 Å². The maximum absolute atomic E-state index is 12.6. The first kappa shape index (κ1) is 12.9. The van der Waals surface area contributed by atoms with Crippen LogP contribution >= 0.6 is 0 Å². The van der Waals surface area contributed by atoms with E-state index in [-0.39, 0.29) is 5.91 Å². The highest BCUT2D eigenvalue weighted by Gasteiger charge is 2.27. The zero-order valence-corrected chi connectivity index (χ0v) is 11.3. The molecule has 0 aliphatic heterocycles. The Morgan fingerprint density at radius 3 is 2.61 bits per heavy atom. The highest BCUT2D eigenvalue weighted by atomic mass is 16.2. The molecule has 0 radical (unpaired) electrons. The van der Waals surface area contributed by atoms with Crippen LogP contribution < -0.4 is 5.32 Å². The maximum atomic E-state index is 12.6. The molecule has 1 aromatic rings. The number of rotatable bonds is 4. The van der Waals surface area contributed by atoms with E-state index < -0.39 is 0 Å². The van der Waals surface area contributed by atoms with E-state index in [0.29, 0.717) is 6.04 Å². The number of carbonyl (C=O) groups excluding carboxylic acids is 1. The van der Waals surface area contributed by atoms with Crippen LogP contribution in [0.25, 0.3) is 0 Å². The van der Waals surface area contributed by atoms with Crippen LogP contribution in [-0.4, -0.2) is 30.4 Å². The minimum Gasteiger partial charge on any atom is -0.387 e. The molecular weight excluding hydrogens is 224 g/mol. The van der Waals surface area contributed by atoms with Crippen LogP contribution in [0.2, 0.25) is 0 Å². The van der Waals surface area contributed by atoms with Crippen molar-refractivity contribution in [2.45, 2.75) is 38.6 Å². The first-order valence-corrected chi connectivity index (χ1v) is 6.85. The second-order valence-corrected chi connectivity index (χ2v) is 4.83. The Kier molecular flexibility index (Phi) is 4.24. The van der Waals surface area contributed by atoms with E-state index in [9.17, 15) is 4.79 Å². The summed E-state index contributed by atoms with van der Waals surface area (Å²) < 4.78 is 0. The zero-order valence-electron chi connectivity index (χ0n) is 11.3. The highest BCUT2D eigenvalue weighted by Crippen LogP contribution is 2.26. The molecule has 98 valence electrons. The van der Waals surface area contributed by atoms with Crippen molar-refractivity contribution in [3.05, 3.63) is 29.8 Å². The number of anilines is 1. The summed E-state index contributed by atoms with van der Waals surface area (Å²) in [5, 5.41) is 3.10. The van der Waals surface area contributed by atoms with Gasteiger partial charge in [-0.3, -0.25) is 4.79 Å². The molecule has 0 heterocycles. The molecule has 3 heteroatoms. The lowest BCUT2D eigenvalue weighted by molar-refractivity contribution is 0.0694. The smallest absolute Gasteiger partial charge is 0.256 e. The number of carbonyl (C=O) groups is 1. The number of hydrogen-bond donors (Lipinski definition) is 1. The molecule has 18 heavy (non-hydrogen) atoms. The Labute approximate surface area is 109 Å². The van der Waals surface area contributed by atoms with E-state index in [0.717, 1.165) is 30.6 Å². The topological polar surface area (TPSA) is 32.3 Å². The molecule has 1 aromatic carbocycles. The van der Waals surface area contributed by atoms with Gasteiger partial charge in [0.15, 0.2) is 0 Å². The van der Waals surface area contributed by atoms with Crippen molar-refractivity contribution in [2.75, 3.05) is 18.9 Å². The fourth-order valence-corrected chi connectivity index (χ4v) is 2.83. The third-order valence-corrected chi connectivity index (χ3v) is 3.79. The van der Waals surface area contributed by atoms with Crippen LogP contribution in [0.5, 0.6) is 0 Å². The van der Waals surface area contributed by atoms with E-state index in [2.05, 4.69) is 12.2 Å². The fourth-order valence-electron chi connectivity index (χ4n) is 2.83. The lowest BCUT2D eigenvalue weighted by Crippen LogP contribution is -2.38. The molecule has 0 unspecified atom stereocenters. The lowest BCUT2D eigenvalue weighted by atomic mass is 10.1. The van der Waals surface area contributed by atoms with Crippen LogP contribution in [0.3, 0.4) is 0 Å². The Balaban J connectivity index is 2.22. The van der Waals surface area contributed by atoms with Gasteiger partial charge in [-0.25, -0.2) is 0 Å². The van der Waals surface area contributed by atoms with Crippen LogP contribution in [0.4, 0.5) is 5.69 Å². The minimum atomic E-state index is 0.161. The number of para-hydroxylation sites is 1. The third kappa shape index (κ3) is 2.50. The van der Waals surface area contributed by atoms with Crippen molar-refractivity contribution in [3.63, 3.8) is 0 Å². The fraction of sp³-hybridized carbons (Fsp3) is 0.533. The molecule has 1 fully saturated rings. The molecule has 0 spiro atoms. The summed E-state index contributed by atoms with van der Waals surface area (Å²) in [6.45, 7) is 2.86. The van der Waals surface area contributed by atoms with Gasteiger partial charge in [-0.05, 0) is 31.9 Å². The SMILES string of the molecule is CCN(C(=O)c1ccccc1NC)C1CCCC1. The number of amides is 1. The number of nitrogens with zero attached hydrogens (tertiary/aromatic N) is 1. The van der Waals surface area contributed by atoms with Crippen LogP contribution in [-0.2, 0) is 0 Å². The van der Waals surface area contributed by atoms with Crippen molar-refractivity contribution in [3.8, 4) is 0 Å². The molecule has 0 bridgehead atoms. The van der Waals surface area contributed by atoms with Gasteiger partial charge in [-0.15, -0.1) is 0 Å². The van der Waals surface area contributed by atoms with Gasteiger partial charge in [0.25, 0.3) is 5.91 Å². The van der Waals surface area contributed by atoms with Crippen molar-refractivity contribution in [1.29, 1.82) is 0 Å². The van der Waals surface area contributed by atoms with Gasteiger partial charge in [0, 0.05) is 25.3 Å². The Morgan fingerprint density at radius 1 is 1.33 bits per heavy atom. The van der Waals surface area contributed by atoms with Crippen molar-refractivity contribution < 1.29 is 4.79 Å². The van der Waals surface area contributed by atoms with E-state index >= 15 is 0 Å². The quantitative estimate of drug-likeness (QED) is 0.885. The summed E-state index contributed by atoms with van der Waals surface area (Å²) in [6, 6.07) is 8.18. The van der Waals surface area contributed by atoms with E-state index in [1.807, 2.05) is 36.2 Å². The maximum Gasteiger partial charge on any atom is 0.256 e. The average Bonchev–Trinajstić information content (AvgIpc) is 2.93. The Morgan fingerprint density at radius 2 is 2.00 bits per heavy atom. The summed E-state index contributed by atoms with van der Waals surface area (Å²) in [4.78, 5) is 14.7. The summed E-state index contributed by atoms with van der Waals surface area (Å²) in [5.41, 5.74) is 1.70. The summed E-state index contributed by atoms with van der Waals surface area (Å²) in [6.07, 6.45) is 4.81. The van der Waals surface area contributed by atoms with E-state index in [1.54, 1.807) is 0 Å². The van der Waals surface area contributed by atoms with Gasteiger partial charge >= 0.3 is 0 Å². The van der Waals surface area contributed by atoms with Crippen molar-refractivity contribution in [2.24, 2.45) is 0 Å². The minimum absolute atomic E-state index is 0.161. The lowest BCUT2D eigenvalue weighted by Gasteiger charge is -2.28. The van der Waals surface area contributed by atoms with Crippen LogP contribution in [0.15, 0.2) is 24.3 Å². The molecule has 0 atom stereocenters. The monoisotopic (exact) mass is 246 g/mol. The third-order valence-electron chi connectivity index (χ3n) is 3.79. The first-order valence-electron chi connectivity index (χ1n) is 6.85. The largest absolute Gasteiger partial charge is 0.387 e. The van der Waals surface area contributed by atoms with Gasteiger partial charge in [0.1, 0.15) is 0 Å². The normalized spacial score (nSPS) is 15.7. The van der Waals surface area contributed by atoms with Crippen molar-refractivity contribution >= 4 is 11.6 Å². The van der Waals surface area contributed by atoms with E-state index in [1.165, 1.54) is 12.8 Å². The van der Waals surface area contributed by atoms with Gasteiger partial charge in [-0.1, -0.05) is 25.0 Å². The average molecular weight is 246 g/mol. The van der Waals surface area contributed by atoms with Gasteiger partial charge in [-0.2, -0.15) is 0 Å². The number of hydrogen-bond acceptors (Lipinski definition) is 2. The van der Waals surface area contributed by atoms with E-state index in [4.69, 9.17) is 0 Å². The Bertz CT molecular complexity index is 411. The van der Waals surface area contributed by atoms with Gasteiger partial charge in [0.2, 0.25) is 0 Å². The zero-order chi connectivity index (χ0) is 13.0. The predicted molar refractivity (Wildman–Crippen MR) is 75.0 cm³/mol. The summed E-state index contributed by atoms with van der Waals surface area (Å²) in [7, 11) is 1.86. The predicted octanol–water partition coefficient (Wildman–Crippen LogP) is 3.13. The Hall–Kier alpha value is -1.51. The first-order chi connectivity index (χ1) is 8.77. The standard InChI is InChI=1S/C15H22N2O/c1-3-17(12-8-4-5-9-12)15(18)13-10-6-7-11-14(13)16-2/h6-7,10-12,16H,3-5,8-9H2,1-2H3. The summed E-state index contributed by atoms with van der Waals surface area (Å²) in [5.74, 6) is 0.161. The molecule has 1 amide bonds.